The first-order valence-electron chi connectivity index (χ1n) is 6.48. The predicted octanol–water partition coefficient (Wildman–Crippen LogP) is 3.53. The fourth-order valence-corrected chi connectivity index (χ4v) is 2.83. The lowest BCUT2D eigenvalue weighted by atomic mass is 9.92. The lowest BCUT2D eigenvalue weighted by molar-refractivity contribution is -0.123. The first kappa shape index (κ1) is 13.9. The van der Waals surface area contributed by atoms with Crippen molar-refractivity contribution in [1.82, 2.24) is 0 Å². The summed E-state index contributed by atoms with van der Waals surface area (Å²) in [7, 11) is 1.59. The molecule has 21 heavy (non-hydrogen) atoms. The zero-order valence-corrected chi connectivity index (χ0v) is 12.0. The van der Waals surface area contributed by atoms with Gasteiger partial charge in [0, 0.05) is 5.69 Å². The van der Waals surface area contributed by atoms with Gasteiger partial charge in [-0.3, -0.25) is 4.79 Å². The standard InChI is InChI=1S/C16H13ClFNO2/c1-21-13-8-2-10(3-9-13)15-14(17)16(20)19(15)12-6-4-11(18)5-7-12/h2-9,14-15H,1H3. The van der Waals surface area contributed by atoms with Crippen molar-refractivity contribution in [3.05, 3.63) is 59.9 Å². The van der Waals surface area contributed by atoms with E-state index in [4.69, 9.17) is 16.3 Å². The van der Waals surface area contributed by atoms with Gasteiger partial charge in [-0.1, -0.05) is 12.1 Å². The van der Waals surface area contributed by atoms with Crippen LogP contribution in [0.3, 0.4) is 0 Å². The molecule has 0 aromatic heterocycles. The highest BCUT2D eigenvalue weighted by molar-refractivity contribution is 6.37. The zero-order valence-electron chi connectivity index (χ0n) is 11.3. The molecule has 3 nitrogen and oxygen atoms in total. The Hall–Kier alpha value is -2.07. The van der Waals surface area contributed by atoms with E-state index in [1.165, 1.54) is 12.1 Å². The Kier molecular flexibility index (Phi) is 3.55. The number of ether oxygens (including phenoxy) is 1. The topological polar surface area (TPSA) is 29.5 Å². The van der Waals surface area contributed by atoms with Gasteiger partial charge in [-0.25, -0.2) is 4.39 Å². The van der Waals surface area contributed by atoms with Gasteiger partial charge in [-0.2, -0.15) is 0 Å². The number of anilines is 1. The number of carbonyl (C=O) groups excluding carboxylic acids is 1. The number of rotatable bonds is 3. The van der Waals surface area contributed by atoms with Crippen LogP contribution in [-0.2, 0) is 4.79 Å². The molecular weight excluding hydrogens is 293 g/mol. The third kappa shape index (κ3) is 2.36. The van der Waals surface area contributed by atoms with Crippen LogP contribution in [0.1, 0.15) is 11.6 Å². The van der Waals surface area contributed by atoms with Gasteiger partial charge in [-0.15, -0.1) is 11.6 Å². The van der Waals surface area contributed by atoms with Crippen LogP contribution >= 0.6 is 11.6 Å². The first-order valence-corrected chi connectivity index (χ1v) is 6.92. The van der Waals surface area contributed by atoms with E-state index in [0.29, 0.717) is 5.69 Å². The van der Waals surface area contributed by atoms with Crippen LogP contribution < -0.4 is 9.64 Å². The van der Waals surface area contributed by atoms with E-state index in [1.54, 1.807) is 24.1 Å². The fourth-order valence-electron chi connectivity index (χ4n) is 2.46. The van der Waals surface area contributed by atoms with Gasteiger partial charge in [0.25, 0.3) is 0 Å². The van der Waals surface area contributed by atoms with Crippen molar-refractivity contribution in [3.8, 4) is 5.75 Å². The molecular formula is C16H13ClFNO2. The summed E-state index contributed by atoms with van der Waals surface area (Å²) in [5, 5.41) is -0.608. The lowest BCUT2D eigenvalue weighted by Crippen LogP contribution is -2.56. The molecule has 1 aliphatic heterocycles. The maximum absolute atomic E-state index is 13.0. The molecule has 0 saturated carbocycles. The second-order valence-corrected chi connectivity index (χ2v) is 5.27. The minimum Gasteiger partial charge on any atom is -0.497 e. The number of hydrogen-bond acceptors (Lipinski definition) is 2. The largest absolute Gasteiger partial charge is 0.497 e. The van der Waals surface area contributed by atoms with Crippen molar-refractivity contribution in [3.63, 3.8) is 0 Å². The summed E-state index contributed by atoms with van der Waals surface area (Å²) in [6.45, 7) is 0. The normalized spacial score (nSPS) is 21.1. The van der Waals surface area contributed by atoms with Gasteiger partial charge in [-0.05, 0) is 42.0 Å². The molecule has 0 bridgehead atoms. The van der Waals surface area contributed by atoms with E-state index in [1.807, 2.05) is 24.3 Å². The molecule has 2 aromatic rings. The Balaban J connectivity index is 1.92. The van der Waals surface area contributed by atoms with Crippen molar-refractivity contribution in [2.75, 3.05) is 12.0 Å². The molecule has 3 rings (SSSR count). The number of amides is 1. The van der Waals surface area contributed by atoms with E-state index >= 15 is 0 Å². The third-order valence-electron chi connectivity index (χ3n) is 3.59. The molecule has 0 radical (unpaired) electrons. The van der Waals surface area contributed by atoms with Gasteiger partial charge in [0.15, 0.2) is 0 Å². The van der Waals surface area contributed by atoms with Crippen molar-refractivity contribution < 1.29 is 13.9 Å². The Morgan fingerprint density at radius 2 is 1.71 bits per heavy atom. The number of nitrogens with zero attached hydrogens (tertiary/aromatic N) is 1. The number of alkyl halides is 1. The molecule has 1 aliphatic rings. The van der Waals surface area contributed by atoms with E-state index in [2.05, 4.69) is 0 Å². The van der Waals surface area contributed by atoms with E-state index in [-0.39, 0.29) is 17.8 Å². The van der Waals surface area contributed by atoms with Gasteiger partial charge in [0.05, 0.1) is 13.2 Å². The summed E-state index contributed by atoms with van der Waals surface area (Å²) >= 11 is 6.15. The number of hydrogen-bond donors (Lipinski definition) is 0. The van der Waals surface area contributed by atoms with Crippen LogP contribution in [0, 0.1) is 5.82 Å². The summed E-state index contributed by atoms with van der Waals surface area (Å²) in [5.41, 5.74) is 1.55. The van der Waals surface area contributed by atoms with Crippen molar-refractivity contribution in [1.29, 1.82) is 0 Å². The Bertz CT molecular complexity index is 657. The predicted molar refractivity (Wildman–Crippen MR) is 79.3 cm³/mol. The molecule has 1 heterocycles. The highest BCUT2D eigenvalue weighted by atomic mass is 35.5. The minimum absolute atomic E-state index is 0.177. The maximum Gasteiger partial charge on any atom is 0.248 e. The van der Waals surface area contributed by atoms with Gasteiger partial charge >= 0.3 is 0 Å². The second kappa shape index (κ2) is 5.37. The van der Waals surface area contributed by atoms with Crippen LogP contribution in [-0.4, -0.2) is 18.4 Å². The van der Waals surface area contributed by atoms with Crippen LogP contribution in [0.4, 0.5) is 10.1 Å². The molecule has 0 spiro atoms. The second-order valence-electron chi connectivity index (χ2n) is 4.80. The first-order chi connectivity index (χ1) is 10.1. The molecule has 0 aliphatic carbocycles. The van der Waals surface area contributed by atoms with Crippen molar-refractivity contribution in [2.45, 2.75) is 11.4 Å². The monoisotopic (exact) mass is 305 g/mol. The number of benzene rings is 2. The summed E-state index contributed by atoms with van der Waals surface area (Å²) in [5.74, 6) is 0.225. The van der Waals surface area contributed by atoms with Crippen LogP contribution in [0.25, 0.3) is 0 Å². The van der Waals surface area contributed by atoms with Gasteiger partial charge in [0.2, 0.25) is 5.91 Å². The number of halogens is 2. The number of carbonyl (C=O) groups is 1. The number of β-lactam (4-membered cyclic amide) rings is 1. The van der Waals surface area contributed by atoms with E-state index in [9.17, 15) is 9.18 Å². The average Bonchev–Trinajstić information content (AvgIpc) is 2.53. The Morgan fingerprint density at radius 1 is 1.10 bits per heavy atom. The van der Waals surface area contributed by atoms with Gasteiger partial charge in [0.1, 0.15) is 16.9 Å². The number of methoxy groups -OCH3 is 1. The molecule has 2 unspecified atom stereocenters. The molecule has 0 N–H and O–H groups in total. The lowest BCUT2D eigenvalue weighted by Gasteiger charge is -2.44. The molecule has 2 aromatic carbocycles. The maximum atomic E-state index is 13.0. The highest BCUT2D eigenvalue weighted by Gasteiger charge is 2.47. The van der Waals surface area contributed by atoms with Gasteiger partial charge < -0.3 is 9.64 Å². The fraction of sp³-hybridized carbons (Fsp3) is 0.188. The molecule has 108 valence electrons. The summed E-state index contributed by atoms with van der Waals surface area (Å²) in [6.07, 6.45) is 0. The SMILES string of the molecule is COc1ccc(C2C(Cl)C(=O)N2c2ccc(F)cc2)cc1. The average molecular weight is 306 g/mol. The molecule has 5 heteroatoms. The quantitative estimate of drug-likeness (QED) is 0.641. The zero-order chi connectivity index (χ0) is 15.0. The third-order valence-corrected chi connectivity index (χ3v) is 4.02. The minimum atomic E-state index is -0.608. The van der Waals surface area contributed by atoms with Crippen LogP contribution in [0.5, 0.6) is 5.75 Å². The summed E-state index contributed by atoms with van der Waals surface area (Å²) in [4.78, 5) is 13.6. The summed E-state index contributed by atoms with van der Waals surface area (Å²) < 4.78 is 18.1. The van der Waals surface area contributed by atoms with Crippen LogP contribution in [0.2, 0.25) is 0 Å². The Morgan fingerprint density at radius 3 is 2.29 bits per heavy atom. The Labute approximate surface area is 126 Å². The van der Waals surface area contributed by atoms with E-state index in [0.717, 1.165) is 11.3 Å². The molecule has 2 atom stereocenters. The highest BCUT2D eigenvalue weighted by Crippen LogP contribution is 2.42. The van der Waals surface area contributed by atoms with Crippen LogP contribution in [0.15, 0.2) is 48.5 Å². The van der Waals surface area contributed by atoms with Crippen molar-refractivity contribution in [2.24, 2.45) is 0 Å². The molecule has 1 fully saturated rings. The smallest absolute Gasteiger partial charge is 0.248 e. The van der Waals surface area contributed by atoms with E-state index < -0.39 is 5.38 Å². The summed E-state index contributed by atoms with van der Waals surface area (Å²) in [6, 6.07) is 13.0. The molecule has 1 amide bonds. The molecule has 1 saturated heterocycles. The van der Waals surface area contributed by atoms with Crippen molar-refractivity contribution >= 4 is 23.2 Å².